The smallest absolute Gasteiger partial charge is 0.393 e. The van der Waals surface area contributed by atoms with Crippen LogP contribution in [-0.2, 0) is 33.6 Å². The maximum Gasteiger partial charge on any atom is 0.416 e. The molecule has 418 valence electrons. The van der Waals surface area contributed by atoms with Crippen LogP contribution in [0, 0.1) is 17.7 Å². The Balaban J connectivity index is 0.778. The van der Waals surface area contributed by atoms with Gasteiger partial charge in [-0.15, -0.1) is 0 Å². The van der Waals surface area contributed by atoms with E-state index >= 15 is 0 Å². The van der Waals surface area contributed by atoms with Gasteiger partial charge in [0.15, 0.2) is 0 Å². The van der Waals surface area contributed by atoms with E-state index in [0.29, 0.717) is 53.0 Å². The molecule has 5 aromatic rings. The molecule has 18 heteroatoms. The van der Waals surface area contributed by atoms with Crippen LogP contribution in [0.4, 0.5) is 44.2 Å². The molecule has 79 heavy (non-hydrogen) atoms. The van der Waals surface area contributed by atoms with Gasteiger partial charge in [0, 0.05) is 58.3 Å². The largest absolute Gasteiger partial charge is 0.416 e. The van der Waals surface area contributed by atoms with E-state index in [1.165, 1.54) is 55.6 Å². The van der Waals surface area contributed by atoms with E-state index < -0.39 is 47.3 Å². The summed E-state index contributed by atoms with van der Waals surface area (Å²) in [6.45, 7) is 0.0426. The van der Waals surface area contributed by atoms with E-state index in [1.807, 2.05) is 53.4 Å². The molecule has 0 atom stereocenters. The zero-order valence-corrected chi connectivity index (χ0v) is 45.6. The van der Waals surface area contributed by atoms with Gasteiger partial charge < -0.3 is 30.9 Å². The number of halogens is 5. The van der Waals surface area contributed by atoms with Crippen molar-refractivity contribution in [1.82, 2.24) is 15.5 Å². The first kappa shape index (κ1) is 58.1. The number of hydrogen-bond donors (Lipinski definition) is 4. The van der Waals surface area contributed by atoms with Crippen molar-refractivity contribution in [1.29, 1.82) is 0 Å². The van der Waals surface area contributed by atoms with Gasteiger partial charge in [-0.05, 0) is 146 Å². The zero-order valence-electron chi connectivity index (χ0n) is 44.1. The van der Waals surface area contributed by atoms with Gasteiger partial charge in [-0.1, -0.05) is 110 Å². The Morgan fingerprint density at radius 2 is 1.11 bits per heavy atom. The highest BCUT2D eigenvalue weighted by molar-refractivity contribution is 9.10. The first-order valence-corrected chi connectivity index (χ1v) is 28.2. The van der Waals surface area contributed by atoms with Crippen molar-refractivity contribution in [2.75, 3.05) is 28.6 Å². The third-order valence-electron chi connectivity index (χ3n) is 15.4. The third kappa shape index (κ3) is 17.0. The number of benzene rings is 5. The van der Waals surface area contributed by atoms with Crippen LogP contribution in [0.15, 0.2) is 120 Å². The van der Waals surface area contributed by atoms with Crippen LogP contribution in [-0.4, -0.2) is 59.8 Å². The van der Waals surface area contributed by atoms with E-state index in [9.17, 15) is 46.3 Å². The maximum atomic E-state index is 14.3. The van der Waals surface area contributed by atoms with Gasteiger partial charge in [0.1, 0.15) is 5.82 Å². The summed E-state index contributed by atoms with van der Waals surface area (Å²) in [6, 6.07) is 29.0. The molecule has 0 aliphatic heterocycles. The molecular weight excluding hydrogens is 1080 g/mol. The minimum absolute atomic E-state index is 0.0638. The molecule has 0 spiro atoms. The Morgan fingerprint density at radius 1 is 0.570 bits per heavy atom. The Kier molecular flexibility index (Phi) is 20.3. The number of nitrogens with zero attached hydrogens (tertiary/aromatic N) is 2. The van der Waals surface area contributed by atoms with E-state index in [-0.39, 0.29) is 55.8 Å². The fraction of sp³-hybridized carbons (Fsp3) is 0.410. The third-order valence-corrected chi connectivity index (χ3v) is 15.9. The zero-order chi connectivity index (χ0) is 55.9. The van der Waals surface area contributed by atoms with Gasteiger partial charge in [-0.2, -0.15) is 13.2 Å². The van der Waals surface area contributed by atoms with Gasteiger partial charge >= 0.3 is 30.2 Å². The van der Waals surface area contributed by atoms with Crippen molar-refractivity contribution < 1.29 is 51.1 Å². The number of esters is 2. The summed E-state index contributed by atoms with van der Waals surface area (Å²) in [5, 5.41) is 10.8. The van der Waals surface area contributed by atoms with Gasteiger partial charge in [-0.25, -0.2) is 14.0 Å². The number of alkyl halides is 3. The van der Waals surface area contributed by atoms with Gasteiger partial charge in [0.2, 0.25) is 0 Å². The summed E-state index contributed by atoms with van der Waals surface area (Å²) >= 11 is 3.49. The number of carbonyl (C=O) groups excluding carboxylic acids is 6. The van der Waals surface area contributed by atoms with Crippen molar-refractivity contribution in [3.63, 3.8) is 0 Å². The Labute approximate surface area is 466 Å². The fourth-order valence-corrected chi connectivity index (χ4v) is 11.6. The second-order valence-corrected chi connectivity index (χ2v) is 21.9. The maximum absolute atomic E-state index is 14.3. The van der Waals surface area contributed by atoms with E-state index in [4.69, 9.17) is 4.74 Å². The normalized spacial score (nSPS) is 17.0. The number of hydrogen-bond acceptors (Lipinski definition) is 7. The number of carbonyl (C=O) groups is 6. The molecule has 8 rings (SSSR count). The summed E-state index contributed by atoms with van der Waals surface area (Å²) in [4.78, 5) is 82.0. The molecule has 0 heterocycles. The van der Waals surface area contributed by atoms with E-state index in [2.05, 4.69) is 37.2 Å². The molecule has 13 nitrogen and oxygen atoms in total. The average molecular weight is 1150 g/mol. The first-order chi connectivity index (χ1) is 38.0. The summed E-state index contributed by atoms with van der Waals surface area (Å²) in [6.07, 6.45) is 10.7. The van der Waals surface area contributed by atoms with Crippen LogP contribution in [0.3, 0.4) is 0 Å². The highest BCUT2D eigenvalue weighted by atomic mass is 79.9. The standard InChI is InChI=1S/C61H67BrF4N6O7/c62-49-12-7-13-51(36-49)69-59(77)71(53-26-22-44(23-27-53)42-8-3-1-4-9-42)38-40-14-18-46(19-15-40)57(75)67-32-30-55(73)79-56(74)31-33-68-58(76)47-20-16-41(17-21-47)39-72(54-28-24-45(25-29-54)43-10-5-2-6-11-43)60(78)70-52-35-48(61(64,65)66)34-50(63)37-52/h7,12-21,24-25,28-29,34-37,42-44,53H,1-6,8-11,22-23,26-27,30-33,38-39H2,(H,67,75)(H,68,76)(H,69,77)(H,70,78). The highest BCUT2D eigenvalue weighted by Gasteiger charge is 2.34. The summed E-state index contributed by atoms with van der Waals surface area (Å²) in [5.41, 5.74) is 2.63. The molecule has 0 unspecified atom stereocenters. The van der Waals surface area contributed by atoms with Crippen LogP contribution >= 0.6 is 15.9 Å². The first-order valence-electron chi connectivity index (χ1n) is 27.4. The fourth-order valence-electron chi connectivity index (χ4n) is 11.2. The number of amides is 6. The van der Waals surface area contributed by atoms with Crippen LogP contribution in [0.5, 0.6) is 0 Å². The molecule has 0 bridgehead atoms. The SMILES string of the molecule is O=C(CCNC(=O)c1ccc(CN(C(=O)Nc2cc(F)cc(C(F)(F)F)c2)c2ccc(C3CCCCC3)cc2)cc1)OC(=O)CCNC(=O)c1ccc(CN(C(=O)Nc2cccc(Br)c2)C2CCC(C3CCCCC3)CC2)cc1. The van der Waals surface area contributed by atoms with Crippen molar-refractivity contribution >= 4 is 68.8 Å². The van der Waals surface area contributed by atoms with Crippen LogP contribution < -0.4 is 26.2 Å². The molecule has 0 saturated heterocycles. The molecule has 5 aromatic carbocycles. The lowest BCUT2D eigenvalue weighted by Crippen LogP contribution is -2.44. The summed E-state index contributed by atoms with van der Waals surface area (Å²) < 4.78 is 60.5. The lowest BCUT2D eigenvalue weighted by molar-refractivity contribution is -0.159. The highest BCUT2D eigenvalue weighted by Crippen LogP contribution is 2.40. The summed E-state index contributed by atoms with van der Waals surface area (Å²) in [5.74, 6) is -1.99. The predicted octanol–water partition coefficient (Wildman–Crippen LogP) is 14.1. The van der Waals surface area contributed by atoms with Crippen LogP contribution in [0.2, 0.25) is 0 Å². The Bertz CT molecular complexity index is 2900. The molecule has 6 amide bonds. The van der Waals surface area contributed by atoms with Crippen molar-refractivity contribution in [2.24, 2.45) is 11.8 Å². The van der Waals surface area contributed by atoms with Crippen LogP contribution in [0.1, 0.15) is 152 Å². The lowest BCUT2D eigenvalue weighted by atomic mass is 9.72. The number of anilines is 3. The lowest BCUT2D eigenvalue weighted by Gasteiger charge is -2.40. The van der Waals surface area contributed by atoms with Gasteiger partial charge in [0.05, 0.1) is 24.9 Å². The minimum Gasteiger partial charge on any atom is -0.393 e. The molecule has 3 aliphatic carbocycles. The Morgan fingerprint density at radius 3 is 1.68 bits per heavy atom. The molecule has 3 saturated carbocycles. The van der Waals surface area contributed by atoms with Crippen molar-refractivity contribution in [3.8, 4) is 0 Å². The Hall–Kier alpha value is -7.08. The van der Waals surface area contributed by atoms with Gasteiger partial charge in [-0.3, -0.25) is 24.1 Å². The number of urea groups is 2. The van der Waals surface area contributed by atoms with Gasteiger partial charge in [0.25, 0.3) is 11.8 Å². The van der Waals surface area contributed by atoms with E-state index in [1.54, 1.807) is 36.4 Å². The average Bonchev–Trinajstić information content (AvgIpc) is 3.48. The minimum atomic E-state index is -4.84. The molecule has 3 aliphatic rings. The number of rotatable bonds is 18. The van der Waals surface area contributed by atoms with Crippen LogP contribution in [0.25, 0.3) is 0 Å². The van der Waals surface area contributed by atoms with Crippen molar-refractivity contribution in [2.45, 2.75) is 134 Å². The quantitative estimate of drug-likeness (QED) is 0.0385. The topological polar surface area (TPSA) is 166 Å². The molecule has 3 fully saturated rings. The molecule has 0 radical (unpaired) electrons. The molecule has 0 aromatic heterocycles. The predicted molar refractivity (Wildman–Crippen MR) is 298 cm³/mol. The monoisotopic (exact) mass is 1150 g/mol. The number of ether oxygens (including phenoxy) is 1. The second-order valence-electron chi connectivity index (χ2n) is 21.0. The summed E-state index contributed by atoms with van der Waals surface area (Å²) in [7, 11) is 0. The second kappa shape index (κ2) is 27.7. The molecule has 4 N–H and O–H groups in total. The van der Waals surface area contributed by atoms with Crippen molar-refractivity contribution in [3.05, 3.63) is 159 Å². The number of nitrogens with one attached hydrogen (secondary N) is 4. The van der Waals surface area contributed by atoms with E-state index in [0.717, 1.165) is 79.0 Å². The molecular formula is C61H67BrF4N6O7.